The minimum absolute atomic E-state index is 0.143. The van der Waals surface area contributed by atoms with Crippen molar-refractivity contribution in [1.82, 2.24) is 0 Å². The van der Waals surface area contributed by atoms with E-state index >= 15 is 0 Å². The lowest BCUT2D eigenvalue weighted by atomic mass is 10.1. The molecule has 0 saturated heterocycles. The van der Waals surface area contributed by atoms with Gasteiger partial charge in [-0.15, -0.1) is 0 Å². The van der Waals surface area contributed by atoms with Gasteiger partial charge in [0, 0.05) is 6.54 Å². The Morgan fingerprint density at radius 1 is 1.46 bits per heavy atom. The van der Waals surface area contributed by atoms with Gasteiger partial charge in [-0.25, -0.2) is 9.18 Å². The van der Waals surface area contributed by atoms with E-state index in [-0.39, 0.29) is 5.56 Å². The van der Waals surface area contributed by atoms with Crippen molar-refractivity contribution < 1.29 is 14.3 Å². The van der Waals surface area contributed by atoms with Gasteiger partial charge in [0.1, 0.15) is 0 Å². The molecule has 70 valence electrons. The molecule has 3 N–H and O–H groups in total. The molecule has 4 heteroatoms. The molecule has 0 bridgehead atoms. The molecule has 0 heterocycles. The van der Waals surface area contributed by atoms with E-state index in [4.69, 9.17) is 10.8 Å². The maximum absolute atomic E-state index is 12.9. The summed E-state index contributed by atoms with van der Waals surface area (Å²) in [6.45, 7) is 0.365. The van der Waals surface area contributed by atoms with Crippen molar-refractivity contribution in [2.75, 3.05) is 0 Å². The third-order valence-corrected chi connectivity index (χ3v) is 1.72. The smallest absolute Gasteiger partial charge is 0.343 e. The van der Waals surface area contributed by atoms with Crippen LogP contribution < -0.4 is 5.73 Å². The van der Waals surface area contributed by atoms with E-state index in [0.29, 0.717) is 6.54 Å². The van der Waals surface area contributed by atoms with Crippen molar-refractivity contribution in [1.29, 1.82) is 0 Å². The zero-order chi connectivity index (χ0) is 9.84. The van der Waals surface area contributed by atoms with E-state index in [2.05, 4.69) is 0 Å². The van der Waals surface area contributed by atoms with E-state index in [1.54, 1.807) is 12.1 Å². The molecule has 0 spiro atoms. The van der Waals surface area contributed by atoms with E-state index in [0.717, 1.165) is 5.56 Å². The summed E-state index contributed by atoms with van der Waals surface area (Å²) in [6.07, 6.45) is -1.95. The van der Waals surface area contributed by atoms with Gasteiger partial charge in [-0.1, -0.05) is 24.3 Å². The molecular formula is C9H10FNO2. The molecule has 1 aromatic rings. The van der Waals surface area contributed by atoms with E-state index in [9.17, 15) is 9.18 Å². The molecule has 0 saturated carbocycles. The first-order valence-corrected chi connectivity index (χ1v) is 3.81. The van der Waals surface area contributed by atoms with Crippen LogP contribution in [-0.2, 0) is 11.3 Å². The SMILES string of the molecule is NCc1ccc(C(F)C(=O)O)cc1. The summed E-state index contributed by atoms with van der Waals surface area (Å²) in [7, 11) is 0. The quantitative estimate of drug-likeness (QED) is 0.741. The first-order chi connectivity index (χ1) is 6.15. The number of alkyl halides is 1. The van der Waals surface area contributed by atoms with Crippen molar-refractivity contribution in [3.8, 4) is 0 Å². The second-order valence-corrected chi connectivity index (χ2v) is 2.65. The summed E-state index contributed by atoms with van der Waals surface area (Å²) in [5.41, 5.74) is 6.32. The number of halogens is 1. The number of hydrogen-bond donors (Lipinski definition) is 2. The van der Waals surface area contributed by atoms with E-state index in [1.807, 2.05) is 0 Å². The summed E-state index contributed by atoms with van der Waals surface area (Å²) >= 11 is 0. The average molecular weight is 183 g/mol. The van der Waals surface area contributed by atoms with Crippen LogP contribution >= 0.6 is 0 Å². The molecule has 3 nitrogen and oxygen atoms in total. The fraction of sp³-hybridized carbons (Fsp3) is 0.222. The maximum Gasteiger partial charge on any atom is 0.343 e. The topological polar surface area (TPSA) is 63.3 Å². The van der Waals surface area contributed by atoms with Gasteiger partial charge in [0.25, 0.3) is 0 Å². The van der Waals surface area contributed by atoms with Crippen molar-refractivity contribution >= 4 is 5.97 Å². The molecule has 1 atom stereocenters. The Morgan fingerprint density at radius 3 is 2.38 bits per heavy atom. The monoisotopic (exact) mass is 183 g/mol. The van der Waals surface area contributed by atoms with Crippen LogP contribution in [-0.4, -0.2) is 11.1 Å². The van der Waals surface area contributed by atoms with Gasteiger partial charge in [0.05, 0.1) is 0 Å². The summed E-state index contributed by atoms with van der Waals surface area (Å²) < 4.78 is 12.9. The summed E-state index contributed by atoms with van der Waals surface area (Å²) in [5, 5.41) is 8.36. The molecule has 0 aliphatic heterocycles. The first kappa shape index (κ1) is 9.67. The Bertz CT molecular complexity index is 297. The second-order valence-electron chi connectivity index (χ2n) is 2.65. The molecule has 0 aliphatic rings. The van der Waals surface area contributed by atoms with Crippen LogP contribution in [0.1, 0.15) is 17.3 Å². The Hall–Kier alpha value is -1.42. The van der Waals surface area contributed by atoms with Crippen LogP contribution in [0.25, 0.3) is 0 Å². The summed E-state index contributed by atoms with van der Waals surface area (Å²) in [4.78, 5) is 10.3. The molecule has 13 heavy (non-hydrogen) atoms. The van der Waals surface area contributed by atoms with Crippen LogP contribution in [0.2, 0.25) is 0 Å². The van der Waals surface area contributed by atoms with E-state index in [1.165, 1.54) is 12.1 Å². The Kier molecular flexibility index (Phi) is 2.97. The summed E-state index contributed by atoms with van der Waals surface area (Å²) in [6, 6.07) is 6.09. The molecule has 0 aromatic heterocycles. The van der Waals surface area contributed by atoms with Gasteiger partial charge in [-0.2, -0.15) is 0 Å². The number of aliphatic carboxylic acids is 1. The molecule has 0 aliphatic carbocycles. The van der Waals surface area contributed by atoms with E-state index < -0.39 is 12.1 Å². The highest BCUT2D eigenvalue weighted by atomic mass is 19.1. The first-order valence-electron chi connectivity index (χ1n) is 3.81. The summed E-state index contributed by atoms with van der Waals surface area (Å²) in [5.74, 6) is -1.47. The van der Waals surface area contributed by atoms with Gasteiger partial charge >= 0.3 is 5.97 Å². The fourth-order valence-electron chi connectivity index (χ4n) is 0.965. The van der Waals surface area contributed by atoms with Crippen molar-refractivity contribution in [2.45, 2.75) is 12.7 Å². The van der Waals surface area contributed by atoms with Crippen LogP contribution in [0.4, 0.5) is 4.39 Å². The molecule has 0 radical (unpaired) electrons. The predicted octanol–water partition coefficient (Wildman–Crippen LogP) is 1.24. The fourth-order valence-corrected chi connectivity index (χ4v) is 0.965. The highest BCUT2D eigenvalue weighted by molar-refractivity contribution is 5.74. The highest BCUT2D eigenvalue weighted by Gasteiger charge is 2.17. The number of rotatable bonds is 3. The van der Waals surface area contributed by atoms with Crippen LogP contribution in [0.5, 0.6) is 0 Å². The minimum atomic E-state index is -1.95. The third kappa shape index (κ3) is 2.26. The standard InChI is InChI=1S/C9H10FNO2/c10-8(9(12)13)7-3-1-6(5-11)2-4-7/h1-4,8H,5,11H2,(H,12,13). The molecule has 0 fully saturated rings. The van der Waals surface area contributed by atoms with Crippen molar-refractivity contribution in [2.24, 2.45) is 5.73 Å². The second kappa shape index (κ2) is 4.00. The average Bonchev–Trinajstić information content (AvgIpc) is 2.17. The Labute approximate surface area is 75.0 Å². The zero-order valence-corrected chi connectivity index (χ0v) is 6.90. The highest BCUT2D eigenvalue weighted by Crippen LogP contribution is 2.17. The molecular weight excluding hydrogens is 173 g/mol. The minimum Gasteiger partial charge on any atom is -0.479 e. The third-order valence-electron chi connectivity index (χ3n) is 1.72. The zero-order valence-electron chi connectivity index (χ0n) is 6.90. The lowest BCUT2D eigenvalue weighted by Gasteiger charge is -2.03. The van der Waals surface area contributed by atoms with Gasteiger partial charge in [-0.3, -0.25) is 0 Å². The molecule has 1 rings (SSSR count). The maximum atomic E-state index is 12.9. The van der Waals surface area contributed by atoms with Gasteiger partial charge in [0.15, 0.2) is 0 Å². The van der Waals surface area contributed by atoms with Gasteiger partial charge < -0.3 is 10.8 Å². The van der Waals surface area contributed by atoms with Gasteiger partial charge in [0.2, 0.25) is 6.17 Å². The van der Waals surface area contributed by atoms with Crippen LogP contribution in [0, 0.1) is 0 Å². The van der Waals surface area contributed by atoms with Crippen LogP contribution in [0.3, 0.4) is 0 Å². The van der Waals surface area contributed by atoms with Crippen LogP contribution in [0.15, 0.2) is 24.3 Å². The lowest BCUT2D eigenvalue weighted by molar-refractivity contribution is -0.143. The molecule has 0 amide bonds. The number of carboxylic acids is 1. The Morgan fingerprint density at radius 2 is 2.00 bits per heavy atom. The molecule has 1 aromatic carbocycles. The predicted molar refractivity (Wildman–Crippen MR) is 45.8 cm³/mol. The Balaban J connectivity index is 2.85. The number of carboxylic acid groups (broad SMARTS) is 1. The molecule has 1 unspecified atom stereocenters. The van der Waals surface area contributed by atoms with Crippen molar-refractivity contribution in [3.63, 3.8) is 0 Å². The lowest BCUT2D eigenvalue weighted by Crippen LogP contribution is -2.06. The normalized spacial score (nSPS) is 12.5. The largest absolute Gasteiger partial charge is 0.479 e. The number of nitrogens with two attached hydrogens (primary N) is 1. The van der Waals surface area contributed by atoms with Crippen molar-refractivity contribution in [3.05, 3.63) is 35.4 Å². The number of hydrogen-bond acceptors (Lipinski definition) is 2. The van der Waals surface area contributed by atoms with Gasteiger partial charge in [-0.05, 0) is 11.1 Å². The number of benzene rings is 1. The number of carbonyl (C=O) groups is 1.